The van der Waals surface area contributed by atoms with E-state index in [1.807, 2.05) is 0 Å². The van der Waals surface area contributed by atoms with Crippen LogP contribution in [-0.2, 0) is 0 Å². The molecule has 0 aromatic carbocycles. The number of nitrogens with two attached hydrogens (primary N) is 1. The summed E-state index contributed by atoms with van der Waals surface area (Å²) in [6.07, 6.45) is 36.6. The third kappa shape index (κ3) is 32.0. The predicted molar refractivity (Wildman–Crippen MR) is 170 cm³/mol. The van der Waals surface area contributed by atoms with Gasteiger partial charge in [-0.15, -0.1) is 0 Å². The maximum atomic E-state index is 5.56. The molecule has 0 amide bonds. The summed E-state index contributed by atoms with van der Waals surface area (Å²) >= 11 is 0. The molecule has 0 aliphatic rings. The first-order valence-electron chi connectivity index (χ1n) is 17.5. The van der Waals surface area contributed by atoms with Crippen molar-refractivity contribution in [3.63, 3.8) is 0 Å². The third-order valence-corrected chi connectivity index (χ3v) is 8.04. The van der Waals surface area contributed by atoms with E-state index >= 15 is 0 Å². The third-order valence-electron chi connectivity index (χ3n) is 8.04. The van der Waals surface area contributed by atoms with Crippen LogP contribution in [0.5, 0.6) is 0 Å². The van der Waals surface area contributed by atoms with Crippen molar-refractivity contribution in [2.45, 2.75) is 181 Å². The van der Waals surface area contributed by atoms with Crippen LogP contribution in [0, 0.1) is 0 Å². The normalized spacial score (nSPS) is 11.7. The lowest BCUT2D eigenvalue weighted by molar-refractivity contribution is 0.254. The number of hydrogen-bond acceptors (Lipinski definition) is 3. The van der Waals surface area contributed by atoms with Gasteiger partial charge in [0.1, 0.15) is 0 Å². The Labute approximate surface area is 235 Å². The van der Waals surface area contributed by atoms with Crippen LogP contribution in [0.2, 0.25) is 0 Å². The molecule has 0 radical (unpaired) electrons. The van der Waals surface area contributed by atoms with Crippen molar-refractivity contribution < 1.29 is 0 Å². The Morgan fingerprint density at radius 3 is 1.03 bits per heavy atom. The maximum Gasteiger partial charge on any atom is -0.00187 e. The highest BCUT2D eigenvalue weighted by molar-refractivity contribution is 4.61. The molecule has 0 aromatic rings. The van der Waals surface area contributed by atoms with Gasteiger partial charge < -0.3 is 16.0 Å². The second-order valence-electron chi connectivity index (χ2n) is 11.9. The molecule has 0 atom stereocenters. The van der Waals surface area contributed by atoms with E-state index in [0.29, 0.717) is 0 Å². The number of unbranched alkanes of at least 4 members (excludes halogenated alkanes) is 22. The van der Waals surface area contributed by atoms with Gasteiger partial charge in [0, 0.05) is 0 Å². The summed E-state index contributed by atoms with van der Waals surface area (Å²) in [5, 5.41) is 3.63. The number of rotatable bonds is 33. The monoisotopic (exact) mass is 524 g/mol. The molecule has 37 heavy (non-hydrogen) atoms. The number of nitrogens with one attached hydrogen (secondary N) is 1. The van der Waals surface area contributed by atoms with E-state index in [1.165, 1.54) is 200 Å². The zero-order valence-electron chi connectivity index (χ0n) is 26.2. The van der Waals surface area contributed by atoms with E-state index in [4.69, 9.17) is 5.73 Å². The Bertz CT molecular complexity index is 359. The number of hydrogen-bond donors (Lipinski definition) is 2. The molecule has 0 aromatic heterocycles. The standard InChI is InChI=1S/C34H73N3/c1-3-5-7-9-11-12-13-14-15-16-21-27-33-37(32-26-20-10-8-6-4-2)34-28-22-19-25-31-36-30-24-18-17-23-29-35/h36H,3-35H2,1-2H3. The van der Waals surface area contributed by atoms with Gasteiger partial charge in [-0.2, -0.15) is 0 Å². The minimum absolute atomic E-state index is 0.850. The van der Waals surface area contributed by atoms with Gasteiger partial charge in [-0.3, -0.25) is 0 Å². The van der Waals surface area contributed by atoms with Crippen molar-refractivity contribution in [3.05, 3.63) is 0 Å². The molecule has 0 aliphatic carbocycles. The lowest BCUT2D eigenvalue weighted by atomic mass is 10.1. The highest BCUT2D eigenvalue weighted by Crippen LogP contribution is 2.13. The Kier molecular flexibility index (Phi) is 33.8. The molecule has 0 fully saturated rings. The van der Waals surface area contributed by atoms with Crippen LogP contribution in [0.25, 0.3) is 0 Å². The molecule has 0 saturated heterocycles. The average molecular weight is 524 g/mol. The molecule has 0 unspecified atom stereocenters. The zero-order chi connectivity index (χ0) is 26.9. The fourth-order valence-corrected chi connectivity index (χ4v) is 5.44. The summed E-state index contributed by atoms with van der Waals surface area (Å²) < 4.78 is 0. The maximum absolute atomic E-state index is 5.56. The van der Waals surface area contributed by atoms with Crippen molar-refractivity contribution in [1.29, 1.82) is 0 Å². The van der Waals surface area contributed by atoms with E-state index in [9.17, 15) is 0 Å². The average Bonchev–Trinajstić information content (AvgIpc) is 2.91. The van der Waals surface area contributed by atoms with Crippen molar-refractivity contribution in [3.8, 4) is 0 Å². The first-order valence-corrected chi connectivity index (χ1v) is 17.5. The minimum Gasteiger partial charge on any atom is -0.330 e. The van der Waals surface area contributed by atoms with Gasteiger partial charge in [0.15, 0.2) is 0 Å². The van der Waals surface area contributed by atoms with Crippen molar-refractivity contribution in [1.82, 2.24) is 10.2 Å². The molecule has 0 spiro atoms. The Morgan fingerprint density at radius 2 is 0.676 bits per heavy atom. The van der Waals surface area contributed by atoms with Gasteiger partial charge in [-0.05, 0) is 77.8 Å². The molecule has 0 bridgehead atoms. The second kappa shape index (κ2) is 33.9. The van der Waals surface area contributed by atoms with Crippen molar-refractivity contribution >= 4 is 0 Å². The lowest BCUT2D eigenvalue weighted by Gasteiger charge is -2.22. The Balaban J connectivity index is 3.77. The topological polar surface area (TPSA) is 41.3 Å². The van der Waals surface area contributed by atoms with E-state index in [-0.39, 0.29) is 0 Å². The molecule has 3 nitrogen and oxygen atoms in total. The van der Waals surface area contributed by atoms with Crippen LogP contribution in [-0.4, -0.2) is 44.2 Å². The molecule has 0 heterocycles. The van der Waals surface area contributed by atoms with Crippen LogP contribution in [0.4, 0.5) is 0 Å². The van der Waals surface area contributed by atoms with E-state index in [0.717, 1.165) is 6.54 Å². The summed E-state index contributed by atoms with van der Waals surface area (Å²) in [5.74, 6) is 0. The Morgan fingerprint density at radius 1 is 0.378 bits per heavy atom. The zero-order valence-corrected chi connectivity index (χ0v) is 26.2. The molecule has 0 saturated carbocycles. The van der Waals surface area contributed by atoms with Gasteiger partial charge in [0.2, 0.25) is 0 Å². The van der Waals surface area contributed by atoms with Crippen LogP contribution in [0.1, 0.15) is 181 Å². The van der Waals surface area contributed by atoms with Crippen LogP contribution in [0.15, 0.2) is 0 Å². The molecule has 224 valence electrons. The van der Waals surface area contributed by atoms with E-state index in [1.54, 1.807) is 0 Å². The summed E-state index contributed by atoms with van der Waals surface area (Å²) in [4.78, 5) is 2.82. The fraction of sp³-hybridized carbons (Fsp3) is 1.00. The SMILES string of the molecule is CCCCCCCCCCCCCCN(CCCCCCCC)CCCCCCNCCCCCCN. The van der Waals surface area contributed by atoms with Crippen molar-refractivity contribution in [2.75, 3.05) is 39.3 Å². The molecular formula is C34H73N3. The van der Waals surface area contributed by atoms with Crippen LogP contribution in [0.3, 0.4) is 0 Å². The highest BCUT2D eigenvalue weighted by Gasteiger charge is 2.05. The van der Waals surface area contributed by atoms with E-state index < -0.39 is 0 Å². The smallest absolute Gasteiger partial charge is 0.00187 e. The molecule has 3 N–H and O–H groups in total. The van der Waals surface area contributed by atoms with Crippen molar-refractivity contribution in [2.24, 2.45) is 5.73 Å². The molecule has 3 heteroatoms. The first-order chi connectivity index (χ1) is 18.3. The number of nitrogens with zero attached hydrogens (tertiary/aromatic N) is 1. The first kappa shape index (κ1) is 36.9. The van der Waals surface area contributed by atoms with Gasteiger partial charge in [0.25, 0.3) is 0 Å². The molecule has 0 aliphatic heterocycles. The second-order valence-corrected chi connectivity index (χ2v) is 11.9. The largest absolute Gasteiger partial charge is 0.330 e. The van der Waals surface area contributed by atoms with Crippen LogP contribution < -0.4 is 11.1 Å². The van der Waals surface area contributed by atoms with Gasteiger partial charge in [0.05, 0.1) is 0 Å². The predicted octanol–water partition coefficient (Wildman–Crippen LogP) is 10.0. The van der Waals surface area contributed by atoms with Gasteiger partial charge in [-0.1, -0.05) is 142 Å². The van der Waals surface area contributed by atoms with E-state index in [2.05, 4.69) is 24.1 Å². The van der Waals surface area contributed by atoms with Crippen LogP contribution >= 0.6 is 0 Å². The van der Waals surface area contributed by atoms with Gasteiger partial charge in [-0.25, -0.2) is 0 Å². The summed E-state index contributed by atoms with van der Waals surface area (Å²) in [7, 11) is 0. The lowest BCUT2D eigenvalue weighted by Crippen LogP contribution is -2.27. The summed E-state index contributed by atoms with van der Waals surface area (Å²) in [6.45, 7) is 11.9. The molecule has 0 rings (SSSR count). The fourth-order valence-electron chi connectivity index (χ4n) is 5.44. The summed E-state index contributed by atoms with van der Waals surface area (Å²) in [5.41, 5.74) is 5.56. The highest BCUT2D eigenvalue weighted by atomic mass is 15.1. The van der Waals surface area contributed by atoms with Gasteiger partial charge >= 0.3 is 0 Å². The molecular weight excluding hydrogens is 450 g/mol. The summed E-state index contributed by atoms with van der Waals surface area (Å²) in [6, 6.07) is 0. The minimum atomic E-state index is 0.850. The Hall–Kier alpha value is -0.120. The quantitative estimate of drug-likeness (QED) is 0.0841.